The molecule has 2 aromatic rings. The fourth-order valence-corrected chi connectivity index (χ4v) is 2.47. The van der Waals surface area contributed by atoms with E-state index in [4.69, 9.17) is 10.4 Å². The number of benzene rings is 1. The summed E-state index contributed by atoms with van der Waals surface area (Å²) < 4.78 is 24.4. The molecule has 0 aliphatic carbocycles. The zero-order valence-corrected chi connectivity index (χ0v) is 11.6. The average molecular weight is 291 g/mol. The van der Waals surface area contributed by atoms with Crippen molar-refractivity contribution in [3.63, 3.8) is 0 Å². The second-order valence-electron chi connectivity index (χ2n) is 4.19. The van der Waals surface area contributed by atoms with Crippen LogP contribution < -0.4 is 5.14 Å². The summed E-state index contributed by atoms with van der Waals surface area (Å²) in [5, 5.41) is 21.2. The lowest BCUT2D eigenvalue weighted by Crippen LogP contribution is -2.19. The van der Waals surface area contributed by atoms with Crippen LogP contribution >= 0.6 is 0 Å². The molecular formula is C12H13N5O2S. The van der Waals surface area contributed by atoms with Gasteiger partial charge in [-0.3, -0.25) is 4.57 Å². The van der Waals surface area contributed by atoms with Crippen molar-refractivity contribution >= 4 is 10.0 Å². The summed E-state index contributed by atoms with van der Waals surface area (Å²) in [5.41, 5.74) is 1.20. The van der Waals surface area contributed by atoms with Crippen molar-refractivity contribution in [3.8, 4) is 17.5 Å². The minimum absolute atomic E-state index is 0.251. The van der Waals surface area contributed by atoms with Gasteiger partial charge in [0.2, 0.25) is 0 Å². The van der Waals surface area contributed by atoms with E-state index in [9.17, 15) is 8.42 Å². The number of sulfonamides is 1. The van der Waals surface area contributed by atoms with Gasteiger partial charge in [0.15, 0.2) is 5.82 Å². The lowest BCUT2D eigenvalue weighted by Gasteiger charge is -2.07. The smallest absolute Gasteiger partial charge is 0.273 e. The van der Waals surface area contributed by atoms with E-state index in [2.05, 4.69) is 10.2 Å². The molecule has 0 aliphatic heterocycles. The highest BCUT2D eigenvalue weighted by Crippen LogP contribution is 2.20. The summed E-state index contributed by atoms with van der Waals surface area (Å²) in [4.78, 5) is 0. The molecule has 20 heavy (non-hydrogen) atoms. The van der Waals surface area contributed by atoms with Gasteiger partial charge in [-0.1, -0.05) is 6.92 Å². The molecule has 0 radical (unpaired) electrons. The predicted molar refractivity (Wildman–Crippen MR) is 71.8 cm³/mol. The molecule has 2 rings (SSSR count). The van der Waals surface area contributed by atoms with E-state index in [1.807, 2.05) is 13.0 Å². The molecule has 0 fully saturated rings. The third-order valence-corrected chi connectivity index (χ3v) is 3.50. The third-order valence-electron chi connectivity index (χ3n) is 2.69. The Morgan fingerprint density at radius 2 is 1.95 bits per heavy atom. The van der Waals surface area contributed by atoms with E-state index in [1.54, 1.807) is 24.3 Å². The molecule has 0 saturated carbocycles. The van der Waals surface area contributed by atoms with E-state index >= 15 is 0 Å². The molecule has 8 heteroatoms. The Morgan fingerprint density at radius 1 is 1.30 bits per heavy atom. The lowest BCUT2D eigenvalue weighted by atomic mass is 10.1. The Labute approximate surface area is 116 Å². The molecule has 2 N–H and O–H groups in total. The summed E-state index contributed by atoms with van der Waals surface area (Å²) in [7, 11) is -3.92. The molecule has 0 spiro atoms. The molecule has 0 amide bonds. The van der Waals surface area contributed by atoms with Gasteiger partial charge in [-0.2, -0.15) is 5.26 Å². The summed E-state index contributed by atoms with van der Waals surface area (Å²) in [6.07, 6.45) is 0.712. The molecular weight excluding hydrogens is 278 g/mol. The molecule has 1 aromatic carbocycles. The van der Waals surface area contributed by atoms with Crippen molar-refractivity contribution in [3.05, 3.63) is 29.8 Å². The van der Waals surface area contributed by atoms with Crippen molar-refractivity contribution in [1.29, 1.82) is 5.26 Å². The maximum absolute atomic E-state index is 11.5. The van der Waals surface area contributed by atoms with Gasteiger partial charge in [0.1, 0.15) is 0 Å². The van der Waals surface area contributed by atoms with Gasteiger partial charge in [0.25, 0.3) is 15.2 Å². The van der Waals surface area contributed by atoms with Crippen molar-refractivity contribution in [2.24, 2.45) is 5.14 Å². The fraction of sp³-hybridized carbons (Fsp3) is 0.250. The van der Waals surface area contributed by atoms with Gasteiger partial charge in [0.05, 0.1) is 11.6 Å². The second-order valence-corrected chi connectivity index (χ2v) is 5.65. The van der Waals surface area contributed by atoms with Crippen LogP contribution in [0.2, 0.25) is 0 Å². The number of rotatable bonds is 4. The molecule has 0 atom stereocenters. The van der Waals surface area contributed by atoms with Crippen LogP contribution in [-0.4, -0.2) is 23.2 Å². The van der Waals surface area contributed by atoms with E-state index in [0.717, 1.165) is 0 Å². The van der Waals surface area contributed by atoms with E-state index in [0.29, 0.717) is 29.9 Å². The molecule has 7 nitrogen and oxygen atoms in total. The number of nitrogens with two attached hydrogens (primary N) is 1. The topological polar surface area (TPSA) is 115 Å². The highest BCUT2D eigenvalue weighted by Gasteiger charge is 2.21. The lowest BCUT2D eigenvalue weighted by molar-refractivity contribution is 0.559. The third kappa shape index (κ3) is 2.68. The van der Waals surface area contributed by atoms with Crippen LogP contribution in [-0.2, 0) is 16.6 Å². The predicted octanol–water partition coefficient (Wildman–Crippen LogP) is 0.874. The summed E-state index contributed by atoms with van der Waals surface area (Å²) in [6.45, 7) is 2.35. The number of nitrogens with zero attached hydrogens (tertiary/aromatic N) is 4. The number of hydrogen-bond acceptors (Lipinski definition) is 5. The van der Waals surface area contributed by atoms with Crippen molar-refractivity contribution in [1.82, 2.24) is 14.8 Å². The van der Waals surface area contributed by atoms with Crippen molar-refractivity contribution < 1.29 is 8.42 Å². The van der Waals surface area contributed by atoms with Crippen molar-refractivity contribution in [2.75, 3.05) is 0 Å². The monoisotopic (exact) mass is 291 g/mol. The van der Waals surface area contributed by atoms with Gasteiger partial charge in [0, 0.05) is 12.1 Å². The van der Waals surface area contributed by atoms with Crippen LogP contribution in [0.5, 0.6) is 0 Å². The Bertz CT molecular complexity index is 756. The fourth-order valence-electron chi connectivity index (χ4n) is 1.83. The largest absolute Gasteiger partial charge is 0.297 e. The van der Waals surface area contributed by atoms with Crippen LogP contribution in [0.25, 0.3) is 11.4 Å². The molecule has 0 unspecified atom stereocenters. The SMILES string of the molecule is CCCn1c(-c2ccc(C#N)cc2)nnc1S(N)(=O)=O. The van der Waals surface area contributed by atoms with Crippen molar-refractivity contribution in [2.45, 2.75) is 25.0 Å². The Morgan fingerprint density at radius 3 is 2.45 bits per heavy atom. The zero-order valence-electron chi connectivity index (χ0n) is 10.8. The Hall–Kier alpha value is -2.24. The summed E-state index contributed by atoms with van der Waals surface area (Å²) >= 11 is 0. The summed E-state index contributed by atoms with van der Waals surface area (Å²) in [5.74, 6) is 0.417. The van der Waals surface area contributed by atoms with Gasteiger partial charge >= 0.3 is 0 Å². The van der Waals surface area contributed by atoms with E-state index in [-0.39, 0.29) is 5.16 Å². The van der Waals surface area contributed by atoms with Crippen LogP contribution in [0.3, 0.4) is 0 Å². The van der Waals surface area contributed by atoms with Gasteiger partial charge < -0.3 is 0 Å². The first-order valence-electron chi connectivity index (χ1n) is 5.94. The standard InChI is InChI=1S/C12H13N5O2S/c1-2-7-17-11(15-16-12(17)20(14,18)19)10-5-3-9(8-13)4-6-10/h3-6H,2,7H2,1H3,(H2,14,18,19). The molecule has 1 aromatic heterocycles. The number of aromatic nitrogens is 3. The van der Waals surface area contributed by atoms with E-state index < -0.39 is 10.0 Å². The molecule has 104 valence electrons. The van der Waals surface area contributed by atoms with E-state index in [1.165, 1.54) is 4.57 Å². The van der Waals surface area contributed by atoms with Gasteiger partial charge in [-0.05, 0) is 30.7 Å². The second kappa shape index (κ2) is 5.40. The van der Waals surface area contributed by atoms with Crippen LogP contribution in [0.1, 0.15) is 18.9 Å². The molecule has 0 saturated heterocycles. The molecule has 0 bridgehead atoms. The van der Waals surface area contributed by atoms with Crippen LogP contribution in [0.15, 0.2) is 29.4 Å². The first-order valence-corrected chi connectivity index (χ1v) is 7.48. The Balaban J connectivity index is 2.56. The van der Waals surface area contributed by atoms with Gasteiger partial charge in [-0.15, -0.1) is 10.2 Å². The maximum Gasteiger partial charge on any atom is 0.273 e. The number of hydrogen-bond donors (Lipinski definition) is 1. The minimum atomic E-state index is -3.92. The molecule has 0 aliphatic rings. The number of primary sulfonamides is 1. The van der Waals surface area contributed by atoms with Crippen LogP contribution in [0.4, 0.5) is 0 Å². The minimum Gasteiger partial charge on any atom is -0.297 e. The maximum atomic E-state index is 11.5. The van der Waals surface area contributed by atoms with Crippen LogP contribution in [0, 0.1) is 11.3 Å². The quantitative estimate of drug-likeness (QED) is 0.897. The summed E-state index contributed by atoms with van der Waals surface area (Å²) in [6, 6.07) is 8.68. The zero-order chi connectivity index (χ0) is 14.8. The average Bonchev–Trinajstić information content (AvgIpc) is 2.83. The highest BCUT2D eigenvalue weighted by molar-refractivity contribution is 7.89. The normalized spacial score (nSPS) is 11.2. The number of nitriles is 1. The first-order chi connectivity index (χ1) is 9.47. The Kier molecular flexibility index (Phi) is 3.83. The highest BCUT2D eigenvalue weighted by atomic mass is 32.2. The van der Waals surface area contributed by atoms with Gasteiger partial charge in [-0.25, -0.2) is 13.6 Å². The molecule has 1 heterocycles. The first kappa shape index (κ1) is 14.2.